The number of hydrogen-bond acceptors (Lipinski definition) is 12. The highest BCUT2D eigenvalue weighted by Gasteiger charge is 2.74. The number of esters is 3. The Kier molecular flexibility index (Phi) is 9.36. The van der Waals surface area contributed by atoms with Crippen LogP contribution in [0.3, 0.4) is 0 Å². The molecule has 0 radical (unpaired) electrons. The number of β-lactam (4-membered cyclic amide) rings is 1. The molecular weight excluding hydrogens is 632 g/mol. The van der Waals surface area contributed by atoms with Crippen LogP contribution in [0.1, 0.15) is 49.6 Å². The van der Waals surface area contributed by atoms with E-state index in [9.17, 15) is 36.9 Å². The average Bonchev–Trinajstić information content (AvgIpc) is 3.16. The first-order valence-corrected chi connectivity index (χ1v) is 15.9. The monoisotopic (exact) mass is 664 g/mol. The van der Waals surface area contributed by atoms with E-state index in [1.165, 1.54) is 20.1 Å². The fourth-order valence-electron chi connectivity index (χ4n) is 5.41. The summed E-state index contributed by atoms with van der Waals surface area (Å²) in [6, 6.07) is 9.72. The number of hydrogen-bond donors (Lipinski definition) is 2. The molecule has 0 aliphatic carbocycles. The number of aryl methyl sites for hydroxylation is 1. The SMILES string of the molecule is CO[C@@]1(C(=O)OCc2ccccc2)N2C(=O)[C@H](NC(=O)[C@@H](c3cc(OC(C)=O)c(OC(C)=O)cc3C)S(=O)(=O)O)[C@H]2SC1(C)C. The maximum absolute atomic E-state index is 13.5. The zero-order valence-electron chi connectivity index (χ0n) is 25.2. The third kappa shape index (κ3) is 6.27. The van der Waals surface area contributed by atoms with Crippen molar-refractivity contribution in [1.82, 2.24) is 10.2 Å². The van der Waals surface area contributed by atoms with E-state index in [4.69, 9.17) is 18.9 Å². The second-order valence-electron chi connectivity index (χ2n) is 10.9. The zero-order chi connectivity index (χ0) is 33.5. The number of nitrogens with one attached hydrogen (secondary N) is 1. The topological polar surface area (TPSA) is 192 Å². The minimum Gasteiger partial charge on any atom is -0.457 e. The van der Waals surface area contributed by atoms with Gasteiger partial charge in [0.1, 0.15) is 18.0 Å². The molecule has 45 heavy (non-hydrogen) atoms. The maximum atomic E-state index is 13.5. The van der Waals surface area contributed by atoms with Crippen LogP contribution in [0.5, 0.6) is 11.5 Å². The van der Waals surface area contributed by atoms with E-state index in [-0.39, 0.29) is 29.2 Å². The number of amides is 2. The molecule has 2 aliphatic rings. The molecule has 2 aromatic carbocycles. The number of rotatable bonds is 10. The van der Waals surface area contributed by atoms with E-state index in [0.29, 0.717) is 5.56 Å². The summed E-state index contributed by atoms with van der Waals surface area (Å²) in [5, 5.41) is -0.762. The van der Waals surface area contributed by atoms with Gasteiger partial charge in [-0.1, -0.05) is 30.3 Å². The molecule has 16 heteroatoms. The van der Waals surface area contributed by atoms with E-state index < -0.39 is 67.0 Å². The molecule has 0 bridgehead atoms. The Hall–Kier alpha value is -3.99. The molecule has 2 fully saturated rings. The fourth-order valence-corrected chi connectivity index (χ4v) is 8.03. The highest BCUT2D eigenvalue weighted by molar-refractivity contribution is 8.01. The van der Waals surface area contributed by atoms with Crippen LogP contribution >= 0.6 is 11.8 Å². The maximum Gasteiger partial charge on any atom is 0.361 e. The number of methoxy groups -OCH3 is 1. The standard InChI is InChI=1S/C29H32N2O12S2/c1-15-12-20(42-16(2)32)21(43-17(3)33)13-19(15)23(45(37,38)39)24(34)30-22-25(35)31-26(22)44-28(4,5)29(31,40-6)27(36)41-14-18-10-8-7-9-11-18/h7-13,22-23,26H,14H2,1-6H3,(H,30,34)(H,37,38,39)/t22-,23+,26+,29+/m0/s1. The Morgan fingerprint density at radius 2 is 1.62 bits per heavy atom. The summed E-state index contributed by atoms with van der Waals surface area (Å²) in [4.78, 5) is 64.9. The molecule has 4 atom stereocenters. The molecule has 2 saturated heterocycles. The fraction of sp³-hybridized carbons (Fsp3) is 0.414. The number of carbonyl (C=O) groups excluding carboxylic acids is 5. The molecule has 14 nitrogen and oxygen atoms in total. The van der Waals surface area contributed by atoms with Crippen LogP contribution in [-0.2, 0) is 50.2 Å². The van der Waals surface area contributed by atoms with Crippen molar-refractivity contribution in [2.45, 2.75) is 68.4 Å². The molecular formula is C29H32N2O12S2. The van der Waals surface area contributed by atoms with E-state index in [2.05, 4.69) is 5.32 Å². The van der Waals surface area contributed by atoms with Crippen molar-refractivity contribution >= 4 is 51.6 Å². The van der Waals surface area contributed by atoms with Crippen molar-refractivity contribution in [3.63, 3.8) is 0 Å². The summed E-state index contributed by atoms with van der Waals surface area (Å²) in [7, 11) is -3.92. The van der Waals surface area contributed by atoms with Gasteiger partial charge in [-0.3, -0.25) is 28.6 Å². The average molecular weight is 665 g/mol. The van der Waals surface area contributed by atoms with Crippen LogP contribution in [-0.4, -0.2) is 76.6 Å². The molecule has 2 N–H and O–H groups in total. The molecule has 0 saturated carbocycles. The smallest absolute Gasteiger partial charge is 0.361 e. The highest BCUT2D eigenvalue weighted by Crippen LogP contribution is 2.57. The van der Waals surface area contributed by atoms with E-state index >= 15 is 0 Å². The molecule has 2 heterocycles. The molecule has 2 aromatic rings. The van der Waals surface area contributed by atoms with Crippen LogP contribution in [0.25, 0.3) is 0 Å². The van der Waals surface area contributed by atoms with E-state index in [1.807, 2.05) is 0 Å². The molecule has 0 spiro atoms. The third-order valence-corrected chi connectivity index (χ3v) is 10.0. The first kappa shape index (κ1) is 33.9. The van der Waals surface area contributed by atoms with Gasteiger partial charge in [-0.25, -0.2) is 4.79 Å². The molecule has 242 valence electrons. The molecule has 0 aromatic heterocycles. The Morgan fingerprint density at radius 1 is 1.04 bits per heavy atom. The Balaban J connectivity index is 1.62. The lowest BCUT2D eigenvalue weighted by molar-refractivity contribution is -0.216. The third-order valence-electron chi connectivity index (χ3n) is 7.35. The van der Waals surface area contributed by atoms with Gasteiger partial charge in [-0.2, -0.15) is 8.42 Å². The lowest BCUT2D eigenvalue weighted by atomic mass is 9.91. The number of carbonyl (C=O) groups is 5. The number of fused-ring (bicyclic) bond motifs is 1. The zero-order valence-corrected chi connectivity index (χ0v) is 26.8. The number of thioether (sulfide) groups is 1. The van der Waals surface area contributed by atoms with Gasteiger partial charge in [-0.05, 0) is 49.6 Å². The van der Waals surface area contributed by atoms with Gasteiger partial charge in [-0.15, -0.1) is 11.8 Å². The second kappa shape index (κ2) is 12.4. The summed E-state index contributed by atoms with van der Waals surface area (Å²) in [5.74, 6) is -5.05. The van der Waals surface area contributed by atoms with Gasteiger partial charge in [0.05, 0.1) is 4.75 Å². The van der Waals surface area contributed by atoms with Crippen molar-refractivity contribution in [2.75, 3.05) is 7.11 Å². The number of ether oxygens (including phenoxy) is 4. The highest BCUT2D eigenvalue weighted by atomic mass is 32.2. The Bertz CT molecular complexity index is 1660. The predicted molar refractivity (Wildman–Crippen MR) is 158 cm³/mol. The van der Waals surface area contributed by atoms with Crippen molar-refractivity contribution in [2.24, 2.45) is 0 Å². The van der Waals surface area contributed by atoms with Gasteiger partial charge in [0, 0.05) is 21.0 Å². The summed E-state index contributed by atoms with van der Waals surface area (Å²) in [5.41, 5.74) is -1.39. The van der Waals surface area contributed by atoms with Crippen molar-refractivity contribution in [3.05, 3.63) is 59.2 Å². The van der Waals surface area contributed by atoms with Gasteiger partial charge >= 0.3 is 17.9 Å². The van der Waals surface area contributed by atoms with Crippen LogP contribution in [0.2, 0.25) is 0 Å². The van der Waals surface area contributed by atoms with Gasteiger partial charge in [0.2, 0.25) is 5.91 Å². The van der Waals surface area contributed by atoms with Crippen LogP contribution < -0.4 is 14.8 Å². The normalized spacial score (nSPS) is 22.5. The molecule has 0 unspecified atom stereocenters. The van der Waals surface area contributed by atoms with Crippen LogP contribution in [0.15, 0.2) is 42.5 Å². The lowest BCUT2D eigenvalue weighted by Crippen LogP contribution is -2.76. The van der Waals surface area contributed by atoms with E-state index in [1.54, 1.807) is 44.2 Å². The van der Waals surface area contributed by atoms with Crippen LogP contribution in [0.4, 0.5) is 0 Å². The Labute approximate surface area is 263 Å². The Morgan fingerprint density at radius 3 is 2.16 bits per heavy atom. The summed E-state index contributed by atoms with van der Waals surface area (Å²) in [6.07, 6.45) is 0. The predicted octanol–water partition coefficient (Wildman–Crippen LogP) is 2.04. The summed E-state index contributed by atoms with van der Waals surface area (Å²) < 4.78 is 55.5. The summed E-state index contributed by atoms with van der Waals surface area (Å²) >= 11 is 1.13. The molecule has 4 rings (SSSR count). The van der Waals surface area contributed by atoms with Crippen molar-refractivity contribution < 1.29 is 55.9 Å². The largest absolute Gasteiger partial charge is 0.457 e. The molecule has 2 aliphatic heterocycles. The number of benzene rings is 2. The summed E-state index contributed by atoms with van der Waals surface area (Å²) in [6.45, 7) is 6.78. The van der Waals surface area contributed by atoms with Gasteiger partial charge in [0.25, 0.3) is 21.8 Å². The molecule has 2 amide bonds. The number of nitrogens with zero attached hydrogens (tertiary/aromatic N) is 1. The first-order chi connectivity index (χ1) is 20.9. The quantitative estimate of drug-likeness (QED) is 0.162. The first-order valence-electron chi connectivity index (χ1n) is 13.5. The van der Waals surface area contributed by atoms with Crippen molar-refractivity contribution in [3.8, 4) is 11.5 Å². The van der Waals surface area contributed by atoms with Crippen molar-refractivity contribution in [1.29, 1.82) is 0 Å². The van der Waals surface area contributed by atoms with Crippen LogP contribution in [0, 0.1) is 6.92 Å². The second-order valence-corrected chi connectivity index (χ2v) is 14.1. The minimum atomic E-state index is -5.18. The van der Waals surface area contributed by atoms with E-state index in [0.717, 1.165) is 36.6 Å². The van der Waals surface area contributed by atoms with Gasteiger partial charge < -0.3 is 24.3 Å². The minimum absolute atomic E-state index is 0.0809. The lowest BCUT2D eigenvalue weighted by Gasteiger charge is -2.49. The van der Waals surface area contributed by atoms with Gasteiger partial charge in [0.15, 0.2) is 16.7 Å².